The zero-order valence-electron chi connectivity index (χ0n) is 12.7. The molecule has 0 bridgehead atoms. The van der Waals surface area contributed by atoms with Crippen LogP contribution in [0.3, 0.4) is 0 Å². The zero-order chi connectivity index (χ0) is 15.1. The first kappa shape index (κ1) is 17.2. The SMILES string of the molecule is COCCN(c1ccc(C(C)N)cc1Cl)C(C)COC. The summed E-state index contributed by atoms with van der Waals surface area (Å²) in [7, 11) is 3.39. The molecule has 5 heteroatoms. The summed E-state index contributed by atoms with van der Waals surface area (Å²) in [5, 5.41) is 0.707. The highest BCUT2D eigenvalue weighted by Gasteiger charge is 2.17. The number of nitrogens with two attached hydrogens (primary N) is 1. The number of hydrogen-bond donors (Lipinski definition) is 1. The number of nitrogens with zero attached hydrogens (tertiary/aromatic N) is 1. The van der Waals surface area contributed by atoms with Crippen LogP contribution in [0.1, 0.15) is 25.5 Å². The van der Waals surface area contributed by atoms with Crippen LogP contribution < -0.4 is 10.6 Å². The average molecular weight is 301 g/mol. The van der Waals surface area contributed by atoms with E-state index in [0.29, 0.717) is 18.2 Å². The van der Waals surface area contributed by atoms with Gasteiger partial charge in [0.1, 0.15) is 0 Å². The van der Waals surface area contributed by atoms with E-state index >= 15 is 0 Å². The second kappa shape index (κ2) is 8.47. The van der Waals surface area contributed by atoms with Crippen molar-refractivity contribution in [1.29, 1.82) is 0 Å². The van der Waals surface area contributed by atoms with E-state index in [1.165, 1.54) is 0 Å². The number of anilines is 1. The minimum absolute atomic E-state index is 0.0228. The van der Waals surface area contributed by atoms with Crippen molar-refractivity contribution in [2.45, 2.75) is 25.9 Å². The molecule has 0 aliphatic carbocycles. The van der Waals surface area contributed by atoms with Gasteiger partial charge in [-0.15, -0.1) is 0 Å². The predicted octanol–water partition coefficient (Wildman–Crippen LogP) is 2.85. The van der Waals surface area contributed by atoms with Crippen LogP contribution in [0.5, 0.6) is 0 Å². The summed E-state index contributed by atoms with van der Waals surface area (Å²) >= 11 is 6.41. The predicted molar refractivity (Wildman–Crippen MR) is 84.6 cm³/mol. The molecule has 0 amide bonds. The third kappa shape index (κ3) is 4.63. The molecule has 0 radical (unpaired) electrons. The van der Waals surface area contributed by atoms with E-state index in [2.05, 4.69) is 11.8 Å². The van der Waals surface area contributed by atoms with Crippen molar-refractivity contribution in [3.05, 3.63) is 28.8 Å². The molecule has 20 heavy (non-hydrogen) atoms. The molecule has 114 valence electrons. The van der Waals surface area contributed by atoms with Crippen LogP contribution in [0.25, 0.3) is 0 Å². The van der Waals surface area contributed by atoms with Crippen molar-refractivity contribution in [1.82, 2.24) is 0 Å². The van der Waals surface area contributed by atoms with Crippen molar-refractivity contribution in [2.24, 2.45) is 5.73 Å². The Bertz CT molecular complexity index is 413. The lowest BCUT2D eigenvalue weighted by Crippen LogP contribution is -2.38. The fourth-order valence-corrected chi connectivity index (χ4v) is 2.44. The molecule has 0 spiro atoms. The molecule has 2 unspecified atom stereocenters. The van der Waals surface area contributed by atoms with E-state index in [0.717, 1.165) is 17.8 Å². The van der Waals surface area contributed by atoms with Crippen LogP contribution >= 0.6 is 11.6 Å². The van der Waals surface area contributed by atoms with Gasteiger partial charge in [0.25, 0.3) is 0 Å². The van der Waals surface area contributed by atoms with E-state index in [9.17, 15) is 0 Å². The van der Waals surface area contributed by atoms with Gasteiger partial charge in [-0.25, -0.2) is 0 Å². The van der Waals surface area contributed by atoms with Crippen LogP contribution in [-0.4, -0.2) is 40.0 Å². The summed E-state index contributed by atoms with van der Waals surface area (Å²) in [5.74, 6) is 0. The molecule has 0 aliphatic heterocycles. The van der Waals surface area contributed by atoms with Crippen LogP contribution in [0, 0.1) is 0 Å². The highest BCUT2D eigenvalue weighted by Crippen LogP contribution is 2.29. The van der Waals surface area contributed by atoms with Crippen molar-refractivity contribution in [3.63, 3.8) is 0 Å². The molecule has 0 heterocycles. The first-order chi connectivity index (χ1) is 9.51. The fourth-order valence-electron chi connectivity index (χ4n) is 2.14. The molecule has 1 rings (SSSR count). The topological polar surface area (TPSA) is 47.7 Å². The Morgan fingerprint density at radius 2 is 1.95 bits per heavy atom. The minimum atomic E-state index is -0.0228. The summed E-state index contributed by atoms with van der Waals surface area (Å²) in [5.41, 5.74) is 7.90. The Morgan fingerprint density at radius 3 is 2.45 bits per heavy atom. The van der Waals surface area contributed by atoms with Gasteiger partial charge in [-0.05, 0) is 31.5 Å². The van der Waals surface area contributed by atoms with Crippen molar-refractivity contribution in [2.75, 3.05) is 38.9 Å². The van der Waals surface area contributed by atoms with Crippen molar-refractivity contribution < 1.29 is 9.47 Å². The Hall–Kier alpha value is -0.810. The summed E-state index contributed by atoms with van der Waals surface area (Å²) < 4.78 is 10.4. The van der Waals surface area contributed by atoms with Crippen LogP contribution in [0.15, 0.2) is 18.2 Å². The van der Waals surface area contributed by atoms with Gasteiger partial charge in [0, 0.05) is 32.8 Å². The minimum Gasteiger partial charge on any atom is -0.383 e. The van der Waals surface area contributed by atoms with Crippen LogP contribution in [0.4, 0.5) is 5.69 Å². The zero-order valence-corrected chi connectivity index (χ0v) is 13.5. The van der Waals surface area contributed by atoms with E-state index in [1.54, 1.807) is 14.2 Å². The number of ether oxygens (including phenoxy) is 2. The van der Waals surface area contributed by atoms with E-state index < -0.39 is 0 Å². The summed E-state index contributed by atoms with van der Waals surface area (Å²) in [6.07, 6.45) is 0. The first-order valence-electron chi connectivity index (χ1n) is 6.80. The largest absolute Gasteiger partial charge is 0.383 e. The monoisotopic (exact) mass is 300 g/mol. The quantitative estimate of drug-likeness (QED) is 0.802. The molecule has 0 saturated heterocycles. The van der Waals surface area contributed by atoms with Crippen LogP contribution in [0.2, 0.25) is 5.02 Å². The number of halogens is 1. The highest BCUT2D eigenvalue weighted by atomic mass is 35.5. The molecule has 0 saturated carbocycles. The molecule has 2 atom stereocenters. The third-order valence-corrected chi connectivity index (χ3v) is 3.59. The Morgan fingerprint density at radius 1 is 1.25 bits per heavy atom. The molecule has 0 aliphatic rings. The lowest BCUT2D eigenvalue weighted by Gasteiger charge is -2.31. The number of rotatable bonds is 8. The second-order valence-electron chi connectivity index (χ2n) is 4.99. The van der Waals surface area contributed by atoms with Gasteiger partial charge in [-0.3, -0.25) is 0 Å². The summed E-state index contributed by atoms with van der Waals surface area (Å²) in [6.45, 7) is 6.09. The van der Waals surface area contributed by atoms with E-state index in [4.69, 9.17) is 26.8 Å². The number of hydrogen-bond acceptors (Lipinski definition) is 4. The van der Waals surface area contributed by atoms with Gasteiger partial charge in [-0.2, -0.15) is 0 Å². The molecular formula is C15H25ClN2O2. The maximum Gasteiger partial charge on any atom is 0.0663 e. The maximum atomic E-state index is 6.41. The molecule has 1 aromatic rings. The lowest BCUT2D eigenvalue weighted by atomic mass is 10.1. The van der Waals surface area contributed by atoms with Crippen LogP contribution in [-0.2, 0) is 9.47 Å². The van der Waals surface area contributed by atoms with Gasteiger partial charge in [0.05, 0.1) is 23.9 Å². The molecular weight excluding hydrogens is 276 g/mol. The molecule has 0 fully saturated rings. The van der Waals surface area contributed by atoms with Crippen molar-refractivity contribution in [3.8, 4) is 0 Å². The van der Waals surface area contributed by atoms with Gasteiger partial charge in [0.15, 0.2) is 0 Å². The molecule has 0 aromatic heterocycles. The number of methoxy groups -OCH3 is 2. The Kier molecular flexibility index (Phi) is 7.30. The highest BCUT2D eigenvalue weighted by molar-refractivity contribution is 6.33. The molecule has 1 aromatic carbocycles. The molecule has 4 nitrogen and oxygen atoms in total. The first-order valence-corrected chi connectivity index (χ1v) is 7.18. The lowest BCUT2D eigenvalue weighted by molar-refractivity contribution is 0.171. The third-order valence-electron chi connectivity index (χ3n) is 3.28. The van der Waals surface area contributed by atoms with E-state index in [1.807, 2.05) is 25.1 Å². The van der Waals surface area contributed by atoms with Gasteiger partial charge in [-0.1, -0.05) is 17.7 Å². The second-order valence-corrected chi connectivity index (χ2v) is 5.40. The van der Waals surface area contributed by atoms with E-state index in [-0.39, 0.29) is 12.1 Å². The van der Waals surface area contributed by atoms with Crippen molar-refractivity contribution >= 4 is 17.3 Å². The van der Waals surface area contributed by atoms with Gasteiger partial charge < -0.3 is 20.1 Å². The number of benzene rings is 1. The molecule has 2 N–H and O–H groups in total. The Labute approximate surface area is 126 Å². The van der Waals surface area contributed by atoms with Gasteiger partial charge >= 0.3 is 0 Å². The smallest absolute Gasteiger partial charge is 0.0663 e. The summed E-state index contributed by atoms with van der Waals surface area (Å²) in [6, 6.07) is 6.16. The standard InChI is InChI=1S/C15H25ClN2O2/c1-11(10-20-4)18(7-8-19-3)15-6-5-13(12(2)17)9-14(15)16/h5-6,9,11-12H,7-8,10,17H2,1-4H3. The van der Waals surface area contributed by atoms with Gasteiger partial charge in [0.2, 0.25) is 0 Å². The summed E-state index contributed by atoms with van der Waals surface area (Å²) in [4.78, 5) is 2.19. The Balaban J connectivity index is 3.00. The maximum absolute atomic E-state index is 6.41. The fraction of sp³-hybridized carbons (Fsp3) is 0.600. The normalized spacial score (nSPS) is 14.1. The average Bonchev–Trinajstić information content (AvgIpc) is 2.40.